The summed E-state index contributed by atoms with van der Waals surface area (Å²) in [6.45, 7) is -1.95. The molecule has 0 fully saturated rings. The van der Waals surface area contributed by atoms with Crippen LogP contribution >= 0.6 is 11.3 Å². The number of thiophene rings is 1. The molecule has 5 nitrogen and oxygen atoms in total. The summed E-state index contributed by atoms with van der Waals surface area (Å²) in [7, 11) is -4.09. The Bertz CT molecular complexity index is 536. The molecule has 0 unspecified atom stereocenters. The molecule has 100 valence electrons. The van der Waals surface area contributed by atoms with Gasteiger partial charge in [0.2, 0.25) is 0 Å². The van der Waals surface area contributed by atoms with Gasteiger partial charge in [-0.15, -0.1) is 11.3 Å². The van der Waals surface area contributed by atoms with Crippen molar-refractivity contribution in [3.8, 4) is 6.07 Å². The van der Waals surface area contributed by atoms with E-state index in [2.05, 4.69) is 0 Å². The summed E-state index contributed by atoms with van der Waals surface area (Å²) in [6, 6.07) is 4.26. The molecule has 1 N–H and O–H groups in total. The second-order valence-corrected chi connectivity index (χ2v) is 6.46. The summed E-state index contributed by atoms with van der Waals surface area (Å²) in [5.41, 5.74) is 0. The van der Waals surface area contributed by atoms with Gasteiger partial charge in [0.1, 0.15) is 15.2 Å². The Balaban J connectivity index is 3.05. The van der Waals surface area contributed by atoms with Crippen molar-refractivity contribution in [3.05, 3.63) is 17.0 Å². The molecule has 9 heteroatoms. The average molecular weight is 296 g/mol. The first-order valence-electron chi connectivity index (χ1n) is 4.81. The molecule has 0 amide bonds. The van der Waals surface area contributed by atoms with Crippen molar-refractivity contribution < 1.29 is 22.3 Å². The molecule has 0 aliphatic heterocycles. The van der Waals surface area contributed by atoms with Crippen LogP contribution in [0.1, 0.15) is 4.88 Å². The van der Waals surface area contributed by atoms with Crippen molar-refractivity contribution in [1.29, 1.82) is 5.26 Å². The summed E-state index contributed by atoms with van der Waals surface area (Å²) >= 11 is 0.704. The number of nitriles is 1. The smallest absolute Gasteiger partial charge is 0.252 e. The SMILES string of the molecule is N#Cc1ccc(S(=O)(=O)N(CCO)CC(F)F)s1. The number of nitrogens with zero attached hydrogens (tertiary/aromatic N) is 2. The zero-order valence-corrected chi connectivity index (χ0v) is 10.7. The van der Waals surface area contributed by atoms with Crippen molar-refractivity contribution in [2.45, 2.75) is 10.6 Å². The van der Waals surface area contributed by atoms with Gasteiger partial charge < -0.3 is 5.11 Å². The maximum atomic E-state index is 12.3. The third kappa shape index (κ3) is 3.46. The second-order valence-electron chi connectivity index (χ2n) is 3.21. The van der Waals surface area contributed by atoms with Crippen LogP contribution in [-0.4, -0.2) is 44.0 Å². The van der Waals surface area contributed by atoms with Crippen LogP contribution in [0.4, 0.5) is 8.78 Å². The van der Waals surface area contributed by atoms with E-state index in [1.165, 1.54) is 12.1 Å². The maximum absolute atomic E-state index is 12.3. The summed E-state index contributed by atoms with van der Waals surface area (Å²) in [6.07, 6.45) is -2.83. The Morgan fingerprint density at radius 3 is 2.61 bits per heavy atom. The fraction of sp³-hybridized carbons (Fsp3) is 0.444. The minimum Gasteiger partial charge on any atom is -0.395 e. The van der Waals surface area contributed by atoms with Gasteiger partial charge in [0.25, 0.3) is 16.4 Å². The van der Waals surface area contributed by atoms with E-state index in [0.717, 1.165) is 0 Å². The van der Waals surface area contributed by atoms with Gasteiger partial charge in [0.05, 0.1) is 13.2 Å². The van der Waals surface area contributed by atoms with Crippen LogP contribution in [0.3, 0.4) is 0 Å². The molecule has 0 saturated heterocycles. The first kappa shape index (κ1) is 15.0. The molecule has 0 aromatic carbocycles. The van der Waals surface area contributed by atoms with Crippen LogP contribution in [0.2, 0.25) is 0 Å². The standard InChI is InChI=1S/C9H10F2N2O3S2/c10-8(11)6-13(3-4-14)18(15,16)9-2-1-7(5-12)17-9/h1-2,8,14H,3-4,6H2. The number of rotatable bonds is 6. The van der Waals surface area contributed by atoms with Crippen molar-refractivity contribution in [3.63, 3.8) is 0 Å². The molecular weight excluding hydrogens is 286 g/mol. The number of halogens is 2. The molecule has 0 saturated carbocycles. The summed E-state index contributed by atoms with van der Waals surface area (Å²) in [5, 5.41) is 17.3. The average Bonchev–Trinajstić information content (AvgIpc) is 2.77. The molecule has 0 atom stereocenters. The minimum atomic E-state index is -4.09. The van der Waals surface area contributed by atoms with E-state index in [1.807, 2.05) is 0 Å². The van der Waals surface area contributed by atoms with Crippen LogP contribution in [0.15, 0.2) is 16.3 Å². The number of alkyl halides is 2. The lowest BCUT2D eigenvalue weighted by Gasteiger charge is -2.19. The first-order chi connectivity index (χ1) is 8.41. The Hall–Kier alpha value is -1.08. The Labute approximate surface area is 107 Å². The van der Waals surface area contributed by atoms with Gasteiger partial charge in [-0.2, -0.15) is 9.57 Å². The van der Waals surface area contributed by atoms with Gasteiger partial charge in [0, 0.05) is 6.54 Å². The molecule has 0 bridgehead atoms. The van der Waals surface area contributed by atoms with Crippen LogP contribution < -0.4 is 0 Å². The van der Waals surface area contributed by atoms with Gasteiger partial charge in [-0.1, -0.05) is 0 Å². The minimum absolute atomic E-state index is 0.176. The number of aliphatic hydroxyl groups is 1. The topological polar surface area (TPSA) is 81.4 Å². The third-order valence-electron chi connectivity index (χ3n) is 1.98. The number of hydrogen-bond donors (Lipinski definition) is 1. The summed E-state index contributed by atoms with van der Waals surface area (Å²) < 4.78 is 48.8. The number of aliphatic hydroxyl groups excluding tert-OH is 1. The first-order valence-corrected chi connectivity index (χ1v) is 7.06. The van der Waals surface area contributed by atoms with Gasteiger partial charge >= 0.3 is 0 Å². The van der Waals surface area contributed by atoms with Gasteiger partial charge in [-0.3, -0.25) is 0 Å². The van der Waals surface area contributed by atoms with Crippen LogP contribution in [0.5, 0.6) is 0 Å². The zero-order chi connectivity index (χ0) is 13.8. The van der Waals surface area contributed by atoms with Crippen LogP contribution in [-0.2, 0) is 10.0 Å². The van der Waals surface area contributed by atoms with Crippen molar-refractivity contribution in [2.24, 2.45) is 0 Å². The predicted octanol–water partition coefficient (Wildman–Crippen LogP) is 0.868. The Morgan fingerprint density at radius 1 is 1.50 bits per heavy atom. The molecular formula is C9H10F2N2O3S2. The lowest BCUT2D eigenvalue weighted by molar-refractivity contribution is 0.113. The van der Waals surface area contributed by atoms with Crippen molar-refractivity contribution in [1.82, 2.24) is 4.31 Å². The van der Waals surface area contributed by atoms with Gasteiger partial charge in [0.15, 0.2) is 0 Å². The van der Waals surface area contributed by atoms with Crippen LogP contribution in [0.25, 0.3) is 0 Å². The van der Waals surface area contributed by atoms with E-state index in [1.54, 1.807) is 6.07 Å². The molecule has 1 rings (SSSR count). The van der Waals surface area contributed by atoms with Gasteiger partial charge in [-0.25, -0.2) is 17.2 Å². The fourth-order valence-corrected chi connectivity index (χ4v) is 3.89. The highest BCUT2D eigenvalue weighted by Gasteiger charge is 2.28. The fourth-order valence-electron chi connectivity index (χ4n) is 1.22. The molecule has 1 aromatic rings. The maximum Gasteiger partial charge on any atom is 0.252 e. The normalized spacial score (nSPS) is 12.0. The predicted molar refractivity (Wildman–Crippen MR) is 60.9 cm³/mol. The van der Waals surface area contributed by atoms with Crippen molar-refractivity contribution >= 4 is 21.4 Å². The third-order valence-corrected chi connectivity index (χ3v) is 5.30. The van der Waals surface area contributed by atoms with E-state index in [9.17, 15) is 17.2 Å². The lowest BCUT2D eigenvalue weighted by atomic mass is 10.5. The van der Waals surface area contributed by atoms with E-state index >= 15 is 0 Å². The molecule has 0 radical (unpaired) electrons. The van der Waals surface area contributed by atoms with E-state index in [-0.39, 0.29) is 9.09 Å². The molecule has 0 aliphatic rings. The highest BCUT2D eigenvalue weighted by Crippen LogP contribution is 2.24. The molecule has 1 heterocycles. The number of hydrogen-bond acceptors (Lipinski definition) is 5. The van der Waals surface area contributed by atoms with Crippen LogP contribution in [0, 0.1) is 11.3 Å². The summed E-state index contributed by atoms with van der Waals surface area (Å²) in [4.78, 5) is 0.176. The van der Waals surface area contributed by atoms with E-state index < -0.39 is 36.1 Å². The number of sulfonamides is 1. The molecule has 0 spiro atoms. The van der Waals surface area contributed by atoms with Crippen molar-refractivity contribution in [2.75, 3.05) is 19.7 Å². The quantitative estimate of drug-likeness (QED) is 0.844. The monoisotopic (exact) mass is 296 g/mol. The Morgan fingerprint density at radius 2 is 2.17 bits per heavy atom. The Kier molecular flexibility index (Phi) is 5.15. The zero-order valence-electron chi connectivity index (χ0n) is 9.08. The summed E-state index contributed by atoms with van der Waals surface area (Å²) in [5.74, 6) is 0. The van der Waals surface area contributed by atoms with Gasteiger partial charge in [-0.05, 0) is 12.1 Å². The highest BCUT2D eigenvalue weighted by molar-refractivity contribution is 7.91. The molecule has 1 aromatic heterocycles. The highest BCUT2D eigenvalue weighted by atomic mass is 32.2. The lowest BCUT2D eigenvalue weighted by Crippen LogP contribution is -2.36. The largest absolute Gasteiger partial charge is 0.395 e. The molecule has 18 heavy (non-hydrogen) atoms. The molecule has 0 aliphatic carbocycles. The second kappa shape index (κ2) is 6.19. The van der Waals surface area contributed by atoms with E-state index in [0.29, 0.717) is 15.6 Å². The van der Waals surface area contributed by atoms with E-state index in [4.69, 9.17) is 10.4 Å².